The molecule has 111 heavy (non-hydrogen) atoms. The van der Waals surface area contributed by atoms with Crippen LogP contribution in [0.25, 0.3) is 0 Å². The summed E-state index contributed by atoms with van der Waals surface area (Å²) in [5.74, 6) is -17.0. The second kappa shape index (κ2) is 44.5. The third-order valence-electron chi connectivity index (χ3n) is 17.7. The number of carboxylic acid groups (broad SMARTS) is 1. The van der Waals surface area contributed by atoms with Crippen molar-refractivity contribution in [2.45, 2.75) is 179 Å². The normalized spacial score (nSPS) is 20.3. The van der Waals surface area contributed by atoms with Crippen molar-refractivity contribution >= 4 is 122 Å². The lowest BCUT2D eigenvalue weighted by Crippen LogP contribution is -2.62. The Morgan fingerprint density at radius 3 is 1.84 bits per heavy atom. The number of rotatable bonds is 34. The number of phenols is 1. The first-order valence-electron chi connectivity index (χ1n) is 36.1. The van der Waals surface area contributed by atoms with E-state index in [0.29, 0.717) is 5.56 Å². The van der Waals surface area contributed by atoms with Crippen LogP contribution in [0.2, 0.25) is 5.02 Å². The standard InChI is InChI=1S/C71H100ClN19O18S2/c1-8-38(6)60(70(108)87-46(18-36(2)3)61(99)78-30-58(96)77-29-57(95)76-17-16-73)90-67(105)51(24-43-28-75-35-80-43)84-68(106)53-32-110-111-33-54(89-65(103)50(23-42-27-74-34-79-42)83-63(101)48(81-39(7)92)21-40-12-10-9-11-13-40)71(109)91-31-44(93)25-55(91)69(107)86-49(22-41-14-15-56(94)45(72)20-41)64(102)85-52(26-59(97)98)66(104)82-47(19-37(4)5)62(100)88-53/h9-15,20,27-28,34-38,44,46-55,60,93-94H,8,16-19,21-26,29-33,73H2,1-7H3,(H,74,79)(H,75,80)(H,76,95)(H,77,96)(H,78,99)(H,81,92)(H,82,104)(H,83,101)(H,84,106)(H,85,102)(H,86,107)(H,87,108)(H,88,100)(H,89,103)(H,90,105)(H,97,98)/t38?,44?,46-,47-,48-,49-,50-,51-,52-,53-,54-,55?,60-/m0/s1. The number of imidazole rings is 2. The number of carbonyl (C=O) groups excluding carboxylic acids is 14. The van der Waals surface area contributed by atoms with Crippen molar-refractivity contribution in [2.75, 3.05) is 44.2 Å². The van der Waals surface area contributed by atoms with Crippen LogP contribution >= 0.6 is 33.2 Å². The highest BCUT2D eigenvalue weighted by atomic mass is 35.5. The minimum atomic E-state index is -2.00. The maximum absolute atomic E-state index is 15.5. The number of carbonyl (C=O) groups is 15. The van der Waals surface area contributed by atoms with Gasteiger partial charge >= 0.3 is 5.97 Å². The second-order valence-corrected chi connectivity index (χ2v) is 30.7. The molecule has 4 heterocycles. The molecule has 4 aromatic rings. The second-order valence-electron chi connectivity index (χ2n) is 27.8. The number of benzene rings is 2. The maximum atomic E-state index is 15.5. The predicted molar refractivity (Wildman–Crippen MR) is 406 cm³/mol. The van der Waals surface area contributed by atoms with E-state index in [1.54, 1.807) is 71.9 Å². The lowest BCUT2D eigenvalue weighted by Gasteiger charge is -2.31. The van der Waals surface area contributed by atoms with E-state index in [-0.39, 0.29) is 85.3 Å². The van der Waals surface area contributed by atoms with E-state index in [1.165, 1.54) is 50.2 Å². The Kier molecular flexibility index (Phi) is 35.9. The highest BCUT2D eigenvalue weighted by Gasteiger charge is 2.45. The molecule has 2 aromatic heterocycles. The highest BCUT2D eigenvalue weighted by molar-refractivity contribution is 8.76. The van der Waals surface area contributed by atoms with Gasteiger partial charge in [0.1, 0.15) is 72.2 Å². The summed E-state index contributed by atoms with van der Waals surface area (Å²) in [5.41, 5.74) is 6.75. The summed E-state index contributed by atoms with van der Waals surface area (Å²) in [7, 11) is 1.68. The fourth-order valence-electron chi connectivity index (χ4n) is 11.9. The fraction of sp³-hybridized carbons (Fsp3) is 0.535. The molecule has 14 amide bonds. The zero-order valence-corrected chi connectivity index (χ0v) is 64.9. The van der Waals surface area contributed by atoms with Crippen LogP contribution in [0.3, 0.4) is 0 Å². The monoisotopic (exact) mass is 1610 g/mol. The maximum Gasteiger partial charge on any atom is 0.305 e. The fourth-order valence-corrected chi connectivity index (χ4v) is 14.4. The molecule has 0 spiro atoms. The molecule has 20 N–H and O–H groups in total. The van der Waals surface area contributed by atoms with E-state index >= 15 is 14.4 Å². The van der Waals surface area contributed by atoms with Gasteiger partial charge in [-0.25, -0.2) is 9.97 Å². The van der Waals surface area contributed by atoms with Gasteiger partial charge in [-0.3, -0.25) is 71.9 Å². The van der Waals surface area contributed by atoms with Gasteiger partial charge in [0, 0.05) is 82.6 Å². The number of nitrogens with zero attached hydrogens (tertiary/aromatic N) is 3. The van der Waals surface area contributed by atoms with E-state index < -0.39 is 223 Å². The minimum absolute atomic E-state index is 0.0228. The molecule has 2 fully saturated rings. The molecule has 40 heteroatoms. The first-order chi connectivity index (χ1) is 52.7. The third-order valence-corrected chi connectivity index (χ3v) is 20.5. The molecule has 2 aliphatic heterocycles. The van der Waals surface area contributed by atoms with Crippen molar-refractivity contribution in [1.29, 1.82) is 0 Å². The van der Waals surface area contributed by atoms with Crippen molar-refractivity contribution in [3.63, 3.8) is 0 Å². The minimum Gasteiger partial charge on any atom is -0.506 e. The summed E-state index contributed by atoms with van der Waals surface area (Å²) >= 11 is 6.28. The van der Waals surface area contributed by atoms with Crippen LogP contribution in [0, 0.1) is 17.8 Å². The Balaban J connectivity index is 1.40. The van der Waals surface area contributed by atoms with Crippen LogP contribution in [0.1, 0.15) is 103 Å². The number of aliphatic hydroxyl groups is 1. The molecule has 2 aliphatic rings. The zero-order chi connectivity index (χ0) is 81.6. The molecule has 6 rings (SSSR count). The largest absolute Gasteiger partial charge is 0.506 e. The van der Waals surface area contributed by atoms with Gasteiger partial charge in [0.2, 0.25) is 82.7 Å². The first kappa shape index (κ1) is 89.5. The summed E-state index contributed by atoms with van der Waals surface area (Å²) in [6.07, 6.45) is 1.50. The van der Waals surface area contributed by atoms with Crippen molar-refractivity contribution in [3.05, 3.63) is 101 Å². The average molecular weight is 1610 g/mol. The molecule has 0 saturated carbocycles. The molecule has 2 saturated heterocycles. The molecule has 0 bridgehead atoms. The molecular weight excluding hydrogens is 1510 g/mol. The van der Waals surface area contributed by atoms with Gasteiger partial charge in [0.15, 0.2) is 0 Å². The number of amides is 14. The molecule has 3 unspecified atom stereocenters. The van der Waals surface area contributed by atoms with Crippen molar-refractivity contribution < 1.29 is 87.2 Å². The summed E-state index contributed by atoms with van der Waals surface area (Å²) in [4.78, 5) is 228. The average Bonchev–Trinajstić information content (AvgIpc) is 1.61. The SMILES string of the molecule is CCC(C)[C@H](NC(=O)[C@H](Cc1c[nH]cn1)NC(=O)[C@@H]1CSSC[C@H](NC(=O)[C@H](Cc2c[nH]cn2)NC(=O)[C@H](Cc2ccccc2)NC(C)=O)C(=O)N2CC(O)CC2C(=O)N[C@@H](Cc2ccc(O)c(Cl)c2)C(=O)N[C@@H](CC(=O)O)C(=O)N[C@@H](CC(C)C)C(=O)N1)C(=O)N[C@@H](CC(C)C)C(=O)NCC(=O)NCC(=O)NCCN. The van der Waals surface area contributed by atoms with Crippen LogP contribution in [0.5, 0.6) is 5.75 Å². The molecule has 0 aliphatic carbocycles. The van der Waals surface area contributed by atoms with E-state index in [1.807, 2.05) is 0 Å². The van der Waals surface area contributed by atoms with E-state index in [9.17, 15) is 72.9 Å². The van der Waals surface area contributed by atoms with Crippen molar-refractivity contribution in [1.82, 2.24) is 94.0 Å². The summed E-state index contributed by atoms with van der Waals surface area (Å²) < 4.78 is 0. The number of aromatic nitrogens is 4. The van der Waals surface area contributed by atoms with E-state index in [2.05, 4.69) is 89.1 Å². The number of carboxylic acids is 1. The first-order valence-corrected chi connectivity index (χ1v) is 39.0. The molecule has 2 aromatic carbocycles. The summed E-state index contributed by atoms with van der Waals surface area (Å²) in [5, 5.41) is 65.3. The topological polar surface area (TPSA) is 560 Å². The van der Waals surface area contributed by atoms with E-state index in [0.717, 1.165) is 26.5 Å². The molecule has 606 valence electrons. The number of phenolic OH excluding ortho intramolecular Hbond substituents is 1. The van der Waals surface area contributed by atoms with Crippen LogP contribution in [0.4, 0.5) is 0 Å². The van der Waals surface area contributed by atoms with Gasteiger partial charge in [-0.1, -0.05) is 118 Å². The number of fused-ring (bicyclic) bond motifs is 1. The number of aliphatic carboxylic acids is 1. The van der Waals surface area contributed by atoms with Gasteiger partial charge in [0.05, 0.1) is 54.7 Å². The number of halogens is 1. The van der Waals surface area contributed by atoms with E-state index in [4.69, 9.17) is 17.3 Å². The number of hydrogen-bond donors (Lipinski definition) is 19. The molecule has 13 atom stereocenters. The van der Waals surface area contributed by atoms with Crippen LogP contribution in [-0.4, -0.2) is 246 Å². The third kappa shape index (κ3) is 29.4. The number of aliphatic hydroxyl groups excluding tert-OH is 1. The summed E-state index contributed by atoms with van der Waals surface area (Å²) in [6, 6.07) is -5.08. The lowest BCUT2D eigenvalue weighted by atomic mass is 9.96. The lowest BCUT2D eigenvalue weighted by molar-refractivity contribution is -0.142. The number of nitrogens with two attached hydrogens (primary N) is 1. The van der Waals surface area contributed by atoms with Crippen LogP contribution < -0.4 is 74.9 Å². The highest BCUT2D eigenvalue weighted by Crippen LogP contribution is 2.28. The van der Waals surface area contributed by atoms with Gasteiger partial charge < -0.3 is 105 Å². The van der Waals surface area contributed by atoms with Gasteiger partial charge in [-0.15, -0.1) is 0 Å². The smallest absolute Gasteiger partial charge is 0.305 e. The quantitative estimate of drug-likeness (QED) is 0.0206. The Hall–Kier alpha value is -10.4. The Labute approximate surface area is 653 Å². The molecule has 0 radical (unpaired) electrons. The van der Waals surface area contributed by atoms with Gasteiger partial charge in [0.25, 0.3) is 0 Å². The molecule has 37 nitrogen and oxygen atoms in total. The zero-order valence-electron chi connectivity index (χ0n) is 62.5. The molecular formula is C71H100ClN19O18S2. The predicted octanol–water partition coefficient (Wildman–Crippen LogP) is -3.09. The number of aromatic amines is 2. The van der Waals surface area contributed by atoms with Crippen molar-refractivity contribution in [2.24, 2.45) is 23.5 Å². The van der Waals surface area contributed by atoms with Crippen LogP contribution in [0.15, 0.2) is 73.6 Å². The Bertz CT molecular complexity index is 3880. The Morgan fingerprint density at radius 2 is 1.23 bits per heavy atom. The summed E-state index contributed by atoms with van der Waals surface area (Å²) in [6.45, 7) is 10.3. The van der Waals surface area contributed by atoms with Crippen LogP contribution in [-0.2, 0) is 97.6 Å². The number of hydrogen-bond acceptors (Lipinski definition) is 22. The number of H-pyrrole nitrogens is 2. The van der Waals surface area contributed by atoms with Crippen molar-refractivity contribution in [3.8, 4) is 5.75 Å². The van der Waals surface area contributed by atoms with Gasteiger partial charge in [-0.2, -0.15) is 0 Å². The Morgan fingerprint density at radius 1 is 0.649 bits per heavy atom. The number of aromatic hydroxyl groups is 1. The van der Waals surface area contributed by atoms with Gasteiger partial charge in [-0.05, 0) is 53.9 Å². The number of nitrogens with one attached hydrogen (secondary N) is 15.